The molecule has 3 aromatic carbocycles. The number of hydrogen-bond acceptors (Lipinski definition) is 4. The van der Waals surface area contributed by atoms with Crippen LogP contribution in [0.2, 0.25) is 0 Å². The Morgan fingerprint density at radius 2 is 1.49 bits per heavy atom. The SMILES string of the molecule is Cc1cnc2c(c1)C(C)(C)c1cc(C(C)(C)C)cc3c4cc(C)c(Oc5[c-]c(C6=N[C@@]7(C)CCCC[C@]7(C)O6)cc(C(C)(C)C)c5)[c-]c4n-2c13.[Pt+2]. The Morgan fingerprint density at radius 1 is 0.804 bits per heavy atom. The van der Waals surface area contributed by atoms with Crippen LogP contribution in [0, 0.1) is 26.0 Å². The molecule has 51 heavy (non-hydrogen) atoms. The summed E-state index contributed by atoms with van der Waals surface area (Å²) in [4.78, 5) is 10.3. The first-order valence-corrected chi connectivity index (χ1v) is 18.4. The van der Waals surface area contributed by atoms with E-state index in [1.54, 1.807) is 0 Å². The molecule has 5 aromatic rings. The maximum atomic E-state index is 6.84. The van der Waals surface area contributed by atoms with Gasteiger partial charge in [-0.3, -0.25) is 4.99 Å². The Balaban J connectivity index is 0.00000406. The molecule has 6 heteroatoms. The molecule has 2 aliphatic heterocycles. The summed E-state index contributed by atoms with van der Waals surface area (Å²) in [5.74, 6) is 2.96. The second-order valence-electron chi connectivity index (χ2n) is 18.3. The minimum absolute atomic E-state index is 0. The van der Waals surface area contributed by atoms with Gasteiger partial charge < -0.3 is 14.0 Å². The van der Waals surface area contributed by atoms with E-state index in [0.717, 1.165) is 51.8 Å². The number of nitrogens with zero attached hydrogens (tertiary/aromatic N) is 3. The van der Waals surface area contributed by atoms with Gasteiger partial charge in [0, 0.05) is 34.2 Å². The van der Waals surface area contributed by atoms with Crippen molar-refractivity contribution >= 4 is 27.7 Å². The summed E-state index contributed by atoms with van der Waals surface area (Å²) in [6.45, 7) is 27.0. The topological polar surface area (TPSA) is 48.6 Å². The zero-order chi connectivity index (χ0) is 35.8. The summed E-state index contributed by atoms with van der Waals surface area (Å²) < 4.78 is 15.9. The van der Waals surface area contributed by atoms with E-state index in [1.807, 2.05) is 6.20 Å². The summed E-state index contributed by atoms with van der Waals surface area (Å²) in [5, 5.41) is 2.40. The molecule has 0 spiro atoms. The molecular formula is C45H51N3O2Pt. The molecule has 0 saturated heterocycles. The zero-order valence-corrected chi connectivity index (χ0v) is 34.6. The molecule has 0 bridgehead atoms. The number of rotatable bonds is 3. The third-order valence-electron chi connectivity index (χ3n) is 12.0. The monoisotopic (exact) mass is 860 g/mol. The number of ether oxygens (including phenoxy) is 2. The predicted molar refractivity (Wildman–Crippen MR) is 205 cm³/mol. The molecule has 0 radical (unpaired) electrons. The van der Waals surface area contributed by atoms with Crippen molar-refractivity contribution in [3.63, 3.8) is 0 Å². The van der Waals surface area contributed by atoms with E-state index in [1.165, 1.54) is 40.4 Å². The molecule has 4 heterocycles. The minimum atomic E-state index is -0.301. The van der Waals surface area contributed by atoms with Gasteiger partial charge in [-0.25, -0.2) is 4.98 Å². The van der Waals surface area contributed by atoms with Crippen LogP contribution in [0.3, 0.4) is 0 Å². The van der Waals surface area contributed by atoms with Crippen molar-refractivity contribution in [1.82, 2.24) is 9.55 Å². The van der Waals surface area contributed by atoms with Crippen LogP contribution in [0.5, 0.6) is 11.5 Å². The van der Waals surface area contributed by atoms with Crippen LogP contribution in [0.1, 0.15) is 134 Å². The maximum absolute atomic E-state index is 6.84. The zero-order valence-electron chi connectivity index (χ0n) is 32.3. The summed E-state index contributed by atoms with van der Waals surface area (Å²) in [5.41, 5.74) is 9.35. The average molecular weight is 861 g/mol. The Bertz CT molecular complexity index is 2280. The van der Waals surface area contributed by atoms with E-state index in [4.69, 9.17) is 19.5 Å². The van der Waals surface area contributed by atoms with Crippen LogP contribution in [0.15, 0.2) is 47.6 Å². The smallest absolute Gasteiger partial charge is 0.512 e. The fraction of sp³-hybridized carbons (Fsp3) is 0.467. The molecule has 1 aliphatic carbocycles. The van der Waals surface area contributed by atoms with Crippen LogP contribution in [0.4, 0.5) is 0 Å². The number of pyridine rings is 1. The fourth-order valence-electron chi connectivity index (χ4n) is 8.40. The van der Waals surface area contributed by atoms with E-state index in [2.05, 4.69) is 136 Å². The van der Waals surface area contributed by atoms with Crippen molar-refractivity contribution in [3.8, 4) is 17.3 Å². The van der Waals surface area contributed by atoms with Crippen LogP contribution < -0.4 is 4.74 Å². The van der Waals surface area contributed by atoms with Gasteiger partial charge >= 0.3 is 21.1 Å². The van der Waals surface area contributed by atoms with Crippen LogP contribution in [-0.4, -0.2) is 26.6 Å². The molecule has 0 amide bonds. The summed E-state index contributed by atoms with van der Waals surface area (Å²) in [6.07, 6.45) is 6.36. The molecule has 8 rings (SSSR count). The van der Waals surface area contributed by atoms with E-state index in [-0.39, 0.29) is 48.5 Å². The van der Waals surface area contributed by atoms with E-state index in [0.29, 0.717) is 17.4 Å². The molecule has 0 N–H and O–H groups in total. The van der Waals surface area contributed by atoms with Crippen molar-refractivity contribution in [2.75, 3.05) is 0 Å². The number of aryl methyl sites for hydroxylation is 2. The molecule has 2 aromatic heterocycles. The van der Waals surface area contributed by atoms with Crippen LogP contribution in [0.25, 0.3) is 27.6 Å². The van der Waals surface area contributed by atoms with Gasteiger partial charge in [0.1, 0.15) is 17.3 Å². The van der Waals surface area contributed by atoms with Crippen molar-refractivity contribution in [1.29, 1.82) is 0 Å². The minimum Gasteiger partial charge on any atom is -0.512 e. The first-order chi connectivity index (χ1) is 23.3. The van der Waals surface area contributed by atoms with Gasteiger partial charge in [0.25, 0.3) is 0 Å². The third kappa shape index (κ3) is 5.51. The fourth-order valence-corrected chi connectivity index (χ4v) is 8.40. The molecular weight excluding hydrogens is 810 g/mol. The Labute approximate surface area is 318 Å². The van der Waals surface area contributed by atoms with Gasteiger partial charge in [-0.05, 0) is 79.0 Å². The quantitative estimate of drug-likeness (QED) is 0.170. The number of aromatic nitrogens is 2. The van der Waals surface area contributed by atoms with Gasteiger partial charge in [0.2, 0.25) is 0 Å². The van der Waals surface area contributed by atoms with Crippen molar-refractivity contribution in [2.24, 2.45) is 4.99 Å². The van der Waals surface area contributed by atoms with E-state index < -0.39 is 0 Å². The molecule has 1 fully saturated rings. The number of benzene rings is 3. The van der Waals surface area contributed by atoms with Crippen LogP contribution >= 0.6 is 0 Å². The van der Waals surface area contributed by atoms with E-state index >= 15 is 0 Å². The van der Waals surface area contributed by atoms with Crippen molar-refractivity contribution in [2.45, 2.75) is 136 Å². The van der Waals surface area contributed by atoms with Gasteiger partial charge in [0.05, 0.1) is 5.54 Å². The normalized spacial score (nSPS) is 22.2. The van der Waals surface area contributed by atoms with Gasteiger partial charge in [-0.1, -0.05) is 104 Å². The van der Waals surface area contributed by atoms with Crippen molar-refractivity contribution in [3.05, 3.63) is 93.7 Å². The Kier molecular flexibility index (Phi) is 8.13. The standard InChI is InChI=1S/C45H51N3O2.Pt/c1-26-17-35-39(46-25-26)48-36-24-37(27(2)18-32(36)33-22-30(42(6,7)8)23-34(38(33)48)43(35,9)10)49-31-20-28(19-29(21-31)41(3,4)5)40-47-44(11)15-13-14-16-45(44,12)50-40;/h17-19,21-23,25H,13-16H2,1-12H3;/q-2;+2/t44-,45-;/m0./s1. The second kappa shape index (κ2) is 11.5. The molecule has 1 saturated carbocycles. The summed E-state index contributed by atoms with van der Waals surface area (Å²) in [6, 6.07) is 21.0. The number of hydrogen-bond donors (Lipinski definition) is 0. The number of aliphatic imine (C=N–C) groups is 1. The Hall–Kier alpha value is -3.43. The largest absolute Gasteiger partial charge is 2.00 e. The summed E-state index contributed by atoms with van der Waals surface area (Å²) >= 11 is 0. The second-order valence-corrected chi connectivity index (χ2v) is 18.3. The molecule has 3 aliphatic rings. The van der Waals surface area contributed by atoms with E-state index in [9.17, 15) is 0 Å². The molecule has 5 nitrogen and oxygen atoms in total. The third-order valence-corrected chi connectivity index (χ3v) is 12.0. The molecule has 2 atom stereocenters. The first kappa shape index (κ1) is 35.9. The number of fused-ring (bicyclic) bond motifs is 6. The molecule has 268 valence electrons. The summed E-state index contributed by atoms with van der Waals surface area (Å²) in [7, 11) is 0. The average Bonchev–Trinajstić information content (AvgIpc) is 3.50. The molecule has 0 unspecified atom stereocenters. The van der Waals surface area contributed by atoms with Gasteiger partial charge in [0.15, 0.2) is 0 Å². The predicted octanol–water partition coefficient (Wildman–Crippen LogP) is 11.3. The van der Waals surface area contributed by atoms with Gasteiger partial charge in [-0.2, -0.15) is 6.07 Å². The van der Waals surface area contributed by atoms with Crippen molar-refractivity contribution < 1.29 is 30.5 Å². The van der Waals surface area contributed by atoms with Gasteiger partial charge in [-0.15, -0.1) is 28.6 Å². The maximum Gasteiger partial charge on any atom is 2.00 e. The Morgan fingerprint density at radius 3 is 2.18 bits per heavy atom. The van der Waals surface area contributed by atoms with Crippen LogP contribution in [-0.2, 0) is 42.0 Å². The first-order valence-electron chi connectivity index (χ1n) is 18.4.